The fourth-order valence-corrected chi connectivity index (χ4v) is 1.84. The van der Waals surface area contributed by atoms with Crippen LogP contribution in [0.5, 0.6) is 0 Å². The van der Waals surface area contributed by atoms with Crippen molar-refractivity contribution in [2.45, 2.75) is 59.0 Å². The number of rotatable bonds is 5. The van der Waals surface area contributed by atoms with Gasteiger partial charge >= 0.3 is 18.3 Å². The zero-order valence-electron chi connectivity index (χ0n) is 11.7. The summed E-state index contributed by atoms with van der Waals surface area (Å²) in [6, 6.07) is 0. The van der Waals surface area contributed by atoms with E-state index in [1.165, 1.54) is 13.8 Å². The molecule has 0 rings (SSSR count). The average molecular weight is 308 g/mol. The number of ether oxygens (including phenoxy) is 1. The lowest BCUT2D eigenvalue weighted by atomic mass is 9.80. The number of hydrogen-bond donors (Lipinski definition) is 0. The van der Waals surface area contributed by atoms with Gasteiger partial charge in [-0.15, -0.1) is 0 Å². The van der Waals surface area contributed by atoms with Gasteiger partial charge in [-0.1, -0.05) is 20.8 Å². The second kappa shape index (κ2) is 6.22. The van der Waals surface area contributed by atoms with Crippen molar-refractivity contribution < 1.29 is 35.9 Å². The Bertz CT molecular complexity index is 320. The first-order valence-corrected chi connectivity index (χ1v) is 6.08. The Kier molecular flexibility index (Phi) is 5.92. The van der Waals surface area contributed by atoms with Crippen molar-refractivity contribution in [3.8, 4) is 0 Å². The molecular formula is C12H18F6O2. The fourth-order valence-electron chi connectivity index (χ4n) is 1.84. The van der Waals surface area contributed by atoms with Crippen molar-refractivity contribution in [2.75, 3.05) is 0 Å². The summed E-state index contributed by atoms with van der Waals surface area (Å²) in [7, 11) is 0. The molecule has 0 N–H and O–H groups in total. The van der Waals surface area contributed by atoms with Gasteiger partial charge in [0.15, 0.2) is 0 Å². The third-order valence-electron chi connectivity index (χ3n) is 2.95. The monoisotopic (exact) mass is 308 g/mol. The molecule has 0 aromatic rings. The number of hydrogen-bond acceptors (Lipinski definition) is 2. The van der Waals surface area contributed by atoms with Crippen molar-refractivity contribution >= 4 is 5.97 Å². The van der Waals surface area contributed by atoms with E-state index >= 15 is 0 Å². The van der Waals surface area contributed by atoms with Crippen LogP contribution in [0.15, 0.2) is 0 Å². The van der Waals surface area contributed by atoms with Crippen molar-refractivity contribution in [3.63, 3.8) is 0 Å². The maximum Gasteiger partial charge on any atom is 0.434 e. The zero-order chi connectivity index (χ0) is 16.4. The molecule has 0 amide bonds. The minimum absolute atomic E-state index is 0.0669. The summed E-state index contributed by atoms with van der Waals surface area (Å²) >= 11 is 0. The standard InChI is InChI=1S/C12H18F6O2/c1-5-10(4,6-7(2)3)9(19)20-8(11(13,14)15)12(16,17)18/h7-8H,5-6H2,1-4H3. The smallest absolute Gasteiger partial charge is 0.434 e. The minimum Gasteiger partial charge on any atom is -0.442 e. The van der Waals surface area contributed by atoms with E-state index in [0.29, 0.717) is 0 Å². The Morgan fingerprint density at radius 2 is 1.45 bits per heavy atom. The topological polar surface area (TPSA) is 26.3 Å². The first kappa shape index (κ1) is 19.1. The van der Waals surface area contributed by atoms with Crippen LogP contribution in [-0.2, 0) is 9.53 Å². The highest BCUT2D eigenvalue weighted by atomic mass is 19.4. The number of carbonyl (C=O) groups excluding carboxylic acids is 1. The van der Waals surface area contributed by atoms with E-state index in [4.69, 9.17) is 0 Å². The van der Waals surface area contributed by atoms with Crippen LogP contribution < -0.4 is 0 Å². The zero-order valence-corrected chi connectivity index (χ0v) is 11.7. The van der Waals surface area contributed by atoms with Gasteiger partial charge in [0.2, 0.25) is 0 Å². The Labute approximate surface area is 113 Å². The summed E-state index contributed by atoms with van der Waals surface area (Å²) in [5, 5.41) is 0. The summed E-state index contributed by atoms with van der Waals surface area (Å²) in [6.07, 6.45) is -15.2. The molecule has 0 aliphatic carbocycles. The molecule has 120 valence electrons. The van der Waals surface area contributed by atoms with Gasteiger partial charge in [0.25, 0.3) is 6.10 Å². The highest BCUT2D eigenvalue weighted by Gasteiger charge is 2.60. The summed E-state index contributed by atoms with van der Waals surface area (Å²) < 4.78 is 77.8. The van der Waals surface area contributed by atoms with E-state index in [2.05, 4.69) is 4.74 Å². The van der Waals surface area contributed by atoms with Gasteiger partial charge in [0, 0.05) is 0 Å². The van der Waals surface area contributed by atoms with Crippen molar-refractivity contribution in [3.05, 3.63) is 0 Å². The lowest BCUT2D eigenvalue weighted by molar-refractivity contribution is -0.315. The first-order chi connectivity index (χ1) is 8.74. The maximum absolute atomic E-state index is 12.3. The van der Waals surface area contributed by atoms with Crippen LogP contribution in [0.1, 0.15) is 40.5 Å². The van der Waals surface area contributed by atoms with Crippen LogP contribution in [0, 0.1) is 11.3 Å². The second-order valence-corrected chi connectivity index (χ2v) is 5.38. The summed E-state index contributed by atoms with van der Waals surface area (Å²) in [6.45, 7) is 6.25. The molecular weight excluding hydrogens is 290 g/mol. The molecule has 0 fully saturated rings. The molecule has 1 atom stereocenters. The summed E-state index contributed by atoms with van der Waals surface area (Å²) in [5.41, 5.74) is -1.37. The van der Waals surface area contributed by atoms with Crippen LogP contribution in [0.3, 0.4) is 0 Å². The molecule has 8 heteroatoms. The lowest BCUT2D eigenvalue weighted by Crippen LogP contribution is -2.48. The van der Waals surface area contributed by atoms with Crippen LogP contribution in [0.4, 0.5) is 26.3 Å². The molecule has 0 aromatic carbocycles. The molecule has 20 heavy (non-hydrogen) atoms. The fraction of sp³-hybridized carbons (Fsp3) is 0.917. The van der Waals surface area contributed by atoms with Crippen molar-refractivity contribution in [1.29, 1.82) is 0 Å². The van der Waals surface area contributed by atoms with Gasteiger partial charge in [-0.3, -0.25) is 4.79 Å². The van der Waals surface area contributed by atoms with Gasteiger partial charge in [0.05, 0.1) is 5.41 Å². The molecule has 1 unspecified atom stereocenters. The summed E-state index contributed by atoms with van der Waals surface area (Å²) in [5.74, 6) is -1.55. The third kappa shape index (κ3) is 5.20. The molecule has 0 aliphatic heterocycles. The Morgan fingerprint density at radius 1 is 1.05 bits per heavy atom. The van der Waals surface area contributed by atoms with E-state index < -0.39 is 29.8 Å². The van der Waals surface area contributed by atoms with E-state index in [1.807, 2.05) is 0 Å². The van der Waals surface area contributed by atoms with Crippen LogP contribution >= 0.6 is 0 Å². The largest absolute Gasteiger partial charge is 0.442 e. The van der Waals surface area contributed by atoms with Gasteiger partial charge < -0.3 is 4.74 Å². The molecule has 0 radical (unpaired) electrons. The number of halogens is 6. The quantitative estimate of drug-likeness (QED) is 0.553. The van der Waals surface area contributed by atoms with Crippen molar-refractivity contribution in [1.82, 2.24) is 0 Å². The number of carbonyl (C=O) groups is 1. The molecule has 0 saturated heterocycles. The minimum atomic E-state index is -5.68. The second-order valence-electron chi connectivity index (χ2n) is 5.38. The molecule has 0 spiro atoms. The van der Waals surface area contributed by atoms with Gasteiger partial charge in [-0.2, -0.15) is 26.3 Å². The Hall–Kier alpha value is -0.950. The van der Waals surface area contributed by atoms with E-state index in [1.54, 1.807) is 13.8 Å². The first-order valence-electron chi connectivity index (χ1n) is 6.08. The number of esters is 1. The average Bonchev–Trinajstić information content (AvgIpc) is 2.20. The maximum atomic E-state index is 12.3. The Balaban J connectivity index is 5.19. The van der Waals surface area contributed by atoms with Crippen LogP contribution in [-0.4, -0.2) is 24.4 Å². The highest BCUT2D eigenvalue weighted by molar-refractivity contribution is 5.76. The molecule has 0 aliphatic rings. The van der Waals surface area contributed by atoms with Crippen molar-refractivity contribution in [2.24, 2.45) is 11.3 Å². The SMILES string of the molecule is CCC(C)(CC(C)C)C(=O)OC(C(F)(F)F)C(F)(F)F. The highest BCUT2D eigenvalue weighted by Crippen LogP contribution is 2.39. The van der Waals surface area contributed by atoms with Gasteiger partial charge in [0.1, 0.15) is 0 Å². The summed E-state index contributed by atoms with van der Waals surface area (Å²) in [4.78, 5) is 11.7. The molecule has 0 saturated carbocycles. The van der Waals surface area contributed by atoms with Crippen LogP contribution in [0.2, 0.25) is 0 Å². The predicted octanol–water partition coefficient (Wildman–Crippen LogP) is 4.49. The molecule has 2 nitrogen and oxygen atoms in total. The van der Waals surface area contributed by atoms with Gasteiger partial charge in [-0.25, -0.2) is 0 Å². The van der Waals surface area contributed by atoms with E-state index in [-0.39, 0.29) is 18.8 Å². The number of alkyl halides is 6. The normalized spacial score (nSPS) is 16.4. The Morgan fingerprint density at radius 3 is 1.70 bits per heavy atom. The van der Waals surface area contributed by atoms with E-state index in [9.17, 15) is 31.1 Å². The molecule has 0 aromatic heterocycles. The van der Waals surface area contributed by atoms with Crippen LogP contribution in [0.25, 0.3) is 0 Å². The lowest BCUT2D eigenvalue weighted by Gasteiger charge is -2.31. The molecule has 0 bridgehead atoms. The molecule has 0 heterocycles. The van der Waals surface area contributed by atoms with Gasteiger partial charge in [-0.05, 0) is 25.7 Å². The third-order valence-corrected chi connectivity index (χ3v) is 2.95. The van der Waals surface area contributed by atoms with E-state index in [0.717, 1.165) is 0 Å². The predicted molar refractivity (Wildman–Crippen MR) is 59.8 cm³/mol.